The van der Waals surface area contributed by atoms with Crippen molar-refractivity contribution in [1.29, 1.82) is 0 Å². The van der Waals surface area contributed by atoms with Crippen molar-refractivity contribution in [2.24, 2.45) is 0 Å². The Bertz CT molecular complexity index is 19.0. The Morgan fingerprint density at radius 1 is 1.17 bits per heavy atom. The zero-order chi connectivity index (χ0) is 4.12. The van der Waals surface area contributed by atoms with Crippen molar-refractivity contribution >= 4 is 15.9 Å². The maximum atomic E-state index is 4.66. The summed E-state index contributed by atoms with van der Waals surface area (Å²) in [6, 6.07) is 0. The third kappa shape index (κ3) is 9.07. The van der Waals surface area contributed by atoms with Crippen LogP contribution in [0.4, 0.5) is 0 Å². The van der Waals surface area contributed by atoms with Crippen LogP contribution in [0.25, 0.3) is 0 Å². The summed E-state index contributed by atoms with van der Waals surface area (Å²) in [5, 5.41) is 0. The van der Waals surface area contributed by atoms with Crippen molar-refractivity contribution < 1.29 is 37.1 Å². The van der Waals surface area contributed by atoms with E-state index in [9.17, 15) is 0 Å². The first kappa shape index (κ1) is 10.4. The van der Waals surface area contributed by atoms with Crippen LogP contribution in [0.2, 0.25) is 0 Å². The molecule has 32 valence electrons. The fraction of sp³-hybridized carbons (Fsp3) is 1.00. The zero-order valence-corrected chi connectivity index (χ0v) is 8.82. The van der Waals surface area contributed by atoms with E-state index in [-0.39, 0.29) is 29.6 Å². The summed E-state index contributed by atoms with van der Waals surface area (Å²) in [7, 11) is 3.35. The average Bonchev–Trinajstić information content (AvgIpc) is 1.41. The van der Waals surface area contributed by atoms with Gasteiger partial charge in [-0.05, 0) is 14.2 Å². The minimum atomic E-state index is -0.951. The maximum Gasteiger partial charge on any atom is 1.00 e. The summed E-state index contributed by atoms with van der Waals surface area (Å²) in [5.74, 6) is 0. The molecule has 0 atom stereocenters. The molecule has 0 spiro atoms. The summed E-state index contributed by atoms with van der Waals surface area (Å²) >= 11 is -0.951. The van der Waals surface area contributed by atoms with E-state index in [2.05, 4.69) is 7.58 Å². The number of hydrogen-bond acceptors (Lipinski definition) is 2. The van der Waals surface area contributed by atoms with Crippen molar-refractivity contribution in [3.8, 4) is 0 Å². The standard InChI is InChI=1S/2CH3O.Al.Na.2H/c2*1-2;;;;/h2*1H3;;;;/q2*-1;2*+1;;. The van der Waals surface area contributed by atoms with Crippen LogP contribution in [0.3, 0.4) is 0 Å². The van der Waals surface area contributed by atoms with Gasteiger partial charge in [-0.1, -0.05) is 0 Å². The van der Waals surface area contributed by atoms with Gasteiger partial charge < -0.3 is 7.58 Å². The molecule has 0 heterocycles. The second kappa shape index (κ2) is 9.68. The molecular formula is C2H8AlNaO2. The summed E-state index contributed by atoms with van der Waals surface area (Å²) in [5.41, 5.74) is 0. The molecular weight excluding hydrogens is 106 g/mol. The molecule has 2 nitrogen and oxygen atoms in total. The van der Waals surface area contributed by atoms with Gasteiger partial charge in [0.2, 0.25) is 0 Å². The van der Waals surface area contributed by atoms with Crippen LogP contribution in [0.5, 0.6) is 0 Å². The van der Waals surface area contributed by atoms with Crippen LogP contribution in [0, 0.1) is 0 Å². The smallest absolute Gasteiger partial charge is 0.644 e. The van der Waals surface area contributed by atoms with Crippen LogP contribution < -0.4 is 29.6 Å². The Kier molecular flexibility index (Phi) is 16.8. The minimum absolute atomic E-state index is 0. The third-order valence-corrected chi connectivity index (χ3v) is 1.00. The normalized spacial score (nSPS) is 7.00. The summed E-state index contributed by atoms with van der Waals surface area (Å²) in [4.78, 5) is 0. The van der Waals surface area contributed by atoms with Gasteiger partial charge in [0.15, 0.2) is 0 Å². The molecule has 0 saturated carbocycles. The molecule has 0 fully saturated rings. The Balaban J connectivity index is 0. The first-order valence-corrected chi connectivity index (χ1v) is 3.27. The molecule has 6 heavy (non-hydrogen) atoms. The molecule has 0 aromatic carbocycles. The molecule has 0 radical (unpaired) electrons. The van der Waals surface area contributed by atoms with Gasteiger partial charge >= 0.3 is 45.4 Å². The van der Waals surface area contributed by atoms with E-state index in [4.69, 9.17) is 0 Å². The van der Waals surface area contributed by atoms with Crippen LogP contribution in [0.1, 0.15) is 0 Å². The molecule has 0 aliphatic rings. The molecule has 0 aliphatic heterocycles. The van der Waals surface area contributed by atoms with Crippen molar-refractivity contribution in [3.63, 3.8) is 0 Å². The molecule has 0 aliphatic carbocycles. The van der Waals surface area contributed by atoms with Gasteiger partial charge in [-0.3, -0.25) is 0 Å². The molecule has 0 rings (SSSR count). The number of rotatable bonds is 2. The molecule has 0 unspecified atom stereocenters. The van der Waals surface area contributed by atoms with Gasteiger partial charge in [-0.25, -0.2) is 0 Å². The Morgan fingerprint density at radius 2 is 1.50 bits per heavy atom. The zero-order valence-electron chi connectivity index (χ0n) is 4.82. The second-order valence-corrected chi connectivity index (χ2v) is 2.95. The average molecular weight is 114 g/mol. The Morgan fingerprint density at radius 3 is 1.50 bits per heavy atom. The topological polar surface area (TPSA) is 18.5 Å². The van der Waals surface area contributed by atoms with Gasteiger partial charge in [0.1, 0.15) is 0 Å². The predicted molar refractivity (Wildman–Crippen MR) is 22.6 cm³/mol. The van der Waals surface area contributed by atoms with E-state index in [0.717, 1.165) is 0 Å². The van der Waals surface area contributed by atoms with E-state index in [0.29, 0.717) is 0 Å². The number of hydrogen-bond donors (Lipinski definition) is 0. The summed E-state index contributed by atoms with van der Waals surface area (Å²) < 4.78 is 9.33. The largest absolute Gasteiger partial charge is 1.00 e. The van der Waals surface area contributed by atoms with E-state index < -0.39 is 15.9 Å². The van der Waals surface area contributed by atoms with Gasteiger partial charge in [0.25, 0.3) is 0 Å². The first-order chi connectivity index (χ1) is 2.41. The van der Waals surface area contributed by atoms with Crippen LogP contribution >= 0.6 is 0 Å². The summed E-state index contributed by atoms with van der Waals surface area (Å²) in [6.45, 7) is 0. The fourth-order valence-corrected chi connectivity index (χ4v) is 0.500. The van der Waals surface area contributed by atoms with Crippen molar-refractivity contribution in [2.75, 3.05) is 14.2 Å². The molecule has 0 aromatic rings. The van der Waals surface area contributed by atoms with Crippen molar-refractivity contribution in [1.82, 2.24) is 0 Å². The molecule has 0 amide bonds. The van der Waals surface area contributed by atoms with Crippen LogP contribution in [-0.4, -0.2) is 30.1 Å². The van der Waals surface area contributed by atoms with Crippen molar-refractivity contribution in [3.05, 3.63) is 0 Å². The summed E-state index contributed by atoms with van der Waals surface area (Å²) in [6.07, 6.45) is 0. The monoisotopic (exact) mass is 114 g/mol. The van der Waals surface area contributed by atoms with E-state index >= 15 is 0 Å². The van der Waals surface area contributed by atoms with Gasteiger partial charge in [0, 0.05) is 0 Å². The molecule has 0 N–H and O–H groups in total. The Labute approximate surface area is 66.9 Å². The molecule has 0 bridgehead atoms. The Hall–Kier alpha value is 1.45. The second-order valence-electron chi connectivity index (χ2n) is 0.983. The molecule has 0 saturated heterocycles. The van der Waals surface area contributed by atoms with Crippen molar-refractivity contribution in [2.45, 2.75) is 0 Å². The van der Waals surface area contributed by atoms with E-state index in [1.165, 1.54) is 0 Å². The molecule has 4 heteroatoms. The fourth-order valence-electron chi connectivity index (χ4n) is 0.167. The van der Waals surface area contributed by atoms with Gasteiger partial charge in [0.05, 0.1) is 0 Å². The quantitative estimate of drug-likeness (QED) is 0.344. The minimum Gasteiger partial charge on any atom is -0.644 e. The molecule has 0 aromatic heterocycles. The first-order valence-electron chi connectivity index (χ1n) is 1.63. The van der Waals surface area contributed by atoms with Gasteiger partial charge in [-0.2, -0.15) is 0 Å². The van der Waals surface area contributed by atoms with E-state index in [1.807, 2.05) is 0 Å². The predicted octanol–water partition coefficient (Wildman–Crippen LogP) is -3.72. The van der Waals surface area contributed by atoms with Gasteiger partial charge in [-0.15, -0.1) is 0 Å². The third-order valence-electron chi connectivity index (χ3n) is 0.333. The maximum absolute atomic E-state index is 4.66. The van der Waals surface area contributed by atoms with Crippen LogP contribution in [0.15, 0.2) is 0 Å². The SMILES string of the molecule is C[O][AlH2-][O]C.[Na+]. The van der Waals surface area contributed by atoms with Crippen LogP contribution in [-0.2, 0) is 7.58 Å². The van der Waals surface area contributed by atoms with E-state index in [1.54, 1.807) is 14.2 Å².